The molecule has 0 fully saturated rings. The van der Waals surface area contributed by atoms with Gasteiger partial charge in [-0.25, -0.2) is 0 Å². The van der Waals surface area contributed by atoms with Crippen LogP contribution >= 0.6 is 11.8 Å². The van der Waals surface area contributed by atoms with Crippen LogP contribution in [0.1, 0.15) is 49.4 Å². The van der Waals surface area contributed by atoms with Crippen molar-refractivity contribution in [3.63, 3.8) is 0 Å². The van der Waals surface area contributed by atoms with Crippen molar-refractivity contribution in [3.05, 3.63) is 41.5 Å². The predicted octanol–water partition coefficient (Wildman–Crippen LogP) is 3.87. The summed E-state index contributed by atoms with van der Waals surface area (Å²) < 4.78 is 0. The molecule has 1 unspecified atom stereocenters. The molecule has 1 aromatic carbocycles. The molecule has 4 nitrogen and oxygen atoms in total. The average molecular weight is 333 g/mol. The number of carboxylic acid groups (broad SMARTS) is 1. The maximum Gasteiger partial charge on any atom is 0.316 e. The van der Waals surface area contributed by atoms with Crippen LogP contribution in [0, 0.1) is 0 Å². The Hall–Kier alpha value is -1.75. The molecule has 0 aromatic heterocycles. The van der Waals surface area contributed by atoms with Gasteiger partial charge in [0.05, 0.1) is 5.56 Å². The van der Waals surface area contributed by atoms with E-state index < -0.39 is 11.2 Å². The molecule has 0 saturated carbocycles. The standard InChI is InChI=1S/C18H23NO3S/c1-13(18(21)22)23-16-10-6-5-9-15(16)17(20)19-12-11-14-7-3-2-4-8-14/h5-7,9-10,13H,2-4,8,11-12H2,1H3,(H,19,20)(H,21,22). The molecule has 1 amide bonds. The van der Waals surface area contributed by atoms with E-state index in [1.807, 2.05) is 6.07 Å². The van der Waals surface area contributed by atoms with Crippen LogP contribution in [0.4, 0.5) is 0 Å². The molecule has 0 heterocycles. The molecule has 1 aliphatic carbocycles. The second kappa shape index (κ2) is 8.77. The third-order valence-corrected chi connectivity index (χ3v) is 5.07. The number of carbonyl (C=O) groups excluding carboxylic acids is 1. The van der Waals surface area contributed by atoms with Crippen LogP contribution < -0.4 is 5.32 Å². The summed E-state index contributed by atoms with van der Waals surface area (Å²) in [4.78, 5) is 24.1. The summed E-state index contributed by atoms with van der Waals surface area (Å²) in [6.07, 6.45) is 7.98. The van der Waals surface area contributed by atoms with Crippen LogP contribution in [0.5, 0.6) is 0 Å². The van der Waals surface area contributed by atoms with Gasteiger partial charge < -0.3 is 10.4 Å². The van der Waals surface area contributed by atoms with Crippen molar-refractivity contribution in [1.29, 1.82) is 0 Å². The van der Waals surface area contributed by atoms with E-state index in [0.29, 0.717) is 17.0 Å². The number of allylic oxidation sites excluding steroid dienone is 1. The lowest BCUT2D eigenvalue weighted by atomic mass is 9.97. The highest BCUT2D eigenvalue weighted by Crippen LogP contribution is 2.27. The van der Waals surface area contributed by atoms with Crippen molar-refractivity contribution in [2.24, 2.45) is 0 Å². The zero-order valence-electron chi connectivity index (χ0n) is 13.4. The fourth-order valence-electron chi connectivity index (χ4n) is 2.56. The Morgan fingerprint density at radius 1 is 1.30 bits per heavy atom. The Bertz CT molecular complexity index is 598. The third-order valence-electron chi connectivity index (χ3n) is 3.90. The Balaban J connectivity index is 1.93. The first-order valence-electron chi connectivity index (χ1n) is 8.02. The molecule has 0 saturated heterocycles. The fraction of sp³-hybridized carbons (Fsp3) is 0.444. The number of aliphatic carboxylic acids is 1. The van der Waals surface area contributed by atoms with Crippen LogP contribution in [0.25, 0.3) is 0 Å². The Morgan fingerprint density at radius 2 is 2.09 bits per heavy atom. The molecule has 1 aromatic rings. The third kappa shape index (κ3) is 5.43. The summed E-state index contributed by atoms with van der Waals surface area (Å²) in [5, 5.41) is 11.4. The zero-order valence-corrected chi connectivity index (χ0v) is 14.2. The molecule has 2 N–H and O–H groups in total. The van der Waals surface area contributed by atoms with E-state index in [2.05, 4.69) is 11.4 Å². The molecule has 2 rings (SSSR count). The molecular formula is C18H23NO3S. The number of hydrogen-bond acceptors (Lipinski definition) is 3. The topological polar surface area (TPSA) is 66.4 Å². The maximum atomic E-state index is 12.4. The minimum absolute atomic E-state index is 0.137. The molecule has 1 atom stereocenters. The SMILES string of the molecule is CC(Sc1ccccc1C(=O)NCCC1=CCCCC1)C(=O)O. The largest absolute Gasteiger partial charge is 0.480 e. The zero-order chi connectivity index (χ0) is 16.7. The molecule has 0 spiro atoms. The second-order valence-corrected chi connectivity index (χ2v) is 7.09. The van der Waals surface area contributed by atoms with Crippen molar-refractivity contribution in [2.75, 3.05) is 6.54 Å². The van der Waals surface area contributed by atoms with Gasteiger partial charge in [-0.2, -0.15) is 0 Å². The van der Waals surface area contributed by atoms with Crippen molar-refractivity contribution < 1.29 is 14.7 Å². The highest BCUT2D eigenvalue weighted by molar-refractivity contribution is 8.00. The van der Waals surface area contributed by atoms with Gasteiger partial charge in [0.1, 0.15) is 5.25 Å². The molecule has 1 aliphatic rings. The molecular weight excluding hydrogens is 310 g/mol. The predicted molar refractivity (Wildman–Crippen MR) is 92.9 cm³/mol. The Morgan fingerprint density at radius 3 is 2.78 bits per heavy atom. The molecule has 0 radical (unpaired) electrons. The van der Waals surface area contributed by atoms with Crippen LogP contribution in [-0.4, -0.2) is 28.8 Å². The highest BCUT2D eigenvalue weighted by atomic mass is 32.2. The number of hydrogen-bond donors (Lipinski definition) is 2. The summed E-state index contributed by atoms with van der Waals surface area (Å²) >= 11 is 1.20. The van der Waals surface area contributed by atoms with Crippen molar-refractivity contribution >= 4 is 23.6 Å². The first-order valence-corrected chi connectivity index (χ1v) is 8.90. The minimum atomic E-state index is -0.880. The minimum Gasteiger partial charge on any atom is -0.480 e. The number of carboxylic acids is 1. The van der Waals surface area contributed by atoms with E-state index in [4.69, 9.17) is 5.11 Å². The number of nitrogens with one attached hydrogen (secondary N) is 1. The van der Waals surface area contributed by atoms with Gasteiger partial charge in [-0.3, -0.25) is 9.59 Å². The molecule has 0 bridgehead atoms. The van der Waals surface area contributed by atoms with E-state index in [1.165, 1.54) is 30.2 Å². The van der Waals surface area contributed by atoms with Crippen LogP contribution in [0.15, 0.2) is 40.8 Å². The lowest BCUT2D eigenvalue weighted by Crippen LogP contribution is -2.25. The normalized spacial score (nSPS) is 15.6. The fourth-order valence-corrected chi connectivity index (χ4v) is 3.49. The van der Waals surface area contributed by atoms with Gasteiger partial charge >= 0.3 is 5.97 Å². The van der Waals surface area contributed by atoms with E-state index in [0.717, 1.165) is 19.3 Å². The quantitative estimate of drug-likeness (QED) is 0.587. The van der Waals surface area contributed by atoms with Crippen LogP contribution in [-0.2, 0) is 4.79 Å². The van der Waals surface area contributed by atoms with E-state index >= 15 is 0 Å². The Labute approximate surface area is 141 Å². The first kappa shape index (κ1) is 17.6. The lowest BCUT2D eigenvalue weighted by molar-refractivity contribution is -0.136. The van der Waals surface area contributed by atoms with Crippen molar-refractivity contribution in [2.45, 2.75) is 49.2 Å². The number of thioether (sulfide) groups is 1. The number of amides is 1. The van der Waals surface area contributed by atoms with Gasteiger partial charge in [0.2, 0.25) is 0 Å². The highest BCUT2D eigenvalue weighted by Gasteiger charge is 2.17. The number of carbonyl (C=O) groups is 2. The van der Waals surface area contributed by atoms with Crippen LogP contribution in [0.3, 0.4) is 0 Å². The van der Waals surface area contributed by atoms with Gasteiger partial charge in [-0.1, -0.05) is 23.8 Å². The first-order chi connectivity index (χ1) is 11.1. The van der Waals surface area contributed by atoms with Gasteiger partial charge in [-0.05, 0) is 51.2 Å². The molecule has 0 aliphatic heterocycles. The van der Waals surface area contributed by atoms with Gasteiger partial charge in [0.25, 0.3) is 5.91 Å². The molecule has 5 heteroatoms. The van der Waals surface area contributed by atoms with E-state index in [-0.39, 0.29) is 5.91 Å². The van der Waals surface area contributed by atoms with Crippen molar-refractivity contribution in [3.8, 4) is 0 Å². The summed E-state index contributed by atoms with van der Waals surface area (Å²) in [7, 11) is 0. The van der Waals surface area contributed by atoms with Gasteiger partial charge in [0, 0.05) is 11.4 Å². The van der Waals surface area contributed by atoms with Gasteiger partial charge in [-0.15, -0.1) is 11.8 Å². The summed E-state index contributed by atoms with van der Waals surface area (Å²) in [5.74, 6) is -1.02. The van der Waals surface area contributed by atoms with E-state index in [1.54, 1.807) is 25.1 Å². The second-order valence-electron chi connectivity index (χ2n) is 5.71. The average Bonchev–Trinajstić information content (AvgIpc) is 2.56. The van der Waals surface area contributed by atoms with Gasteiger partial charge in [0.15, 0.2) is 0 Å². The Kier molecular flexibility index (Phi) is 6.71. The lowest BCUT2D eigenvalue weighted by Gasteiger charge is -2.14. The molecule has 124 valence electrons. The summed E-state index contributed by atoms with van der Waals surface area (Å²) in [5.41, 5.74) is 1.97. The smallest absolute Gasteiger partial charge is 0.316 e. The van der Waals surface area contributed by atoms with Crippen molar-refractivity contribution in [1.82, 2.24) is 5.32 Å². The number of rotatable bonds is 7. The van der Waals surface area contributed by atoms with E-state index in [9.17, 15) is 9.59 Å². The summed E-state index contributed by atoms with van der Waals surface area (Å²) in [6, 6.07) is 7.16. The number of benzene rings is 1. The van der Waals surface area contributed by atoms with Crippen LogP contribution in [0.2, 0.25) is 0 Å². The summed E-state index contributed by atoms with van der Waals surface area (Å²) in [6.45, 7) is 2.25. The monoisotopic (exact) mass is 333 g/mol. The maximum absolute atomic E-state index is 12.4. The molecule has 23 heavy (non-hydrogen) atoms.